The normalized spacial score (nSPS) is 9.00. The Labute approximate surface area is 78.6 Å². The molecule has 0 aliphatic rings. The summed E-state index contributed by atoms with van der Waals surface area (Å²) in [7, 11) is 0. The van der Waals surface area contributed by atoms with E-state index in [2.05, 4.69) is 4.98 Å². The highest BCUT2D eigenvalue weighted by molar-refractivity contribution is 7.71. The summed E-state index contributed by atoms with van der Waals surface area (Å²) in [6.45, 7) is 0. The number of aromatic nitrogens is 1. The molecule has 1 aromatic heterocycles. The molecule has 0 unspecified atom stereocenters. The third kappa shape index (κ3) is 1.70. The summed E-state index contributed by atoms with van der Waals surface area (Å²) in [6.07, 6.45) is 1.36. The van der Waals surface area contributed by atoms with Gasteiger partial charge in [0.25, 0.3) is 5.24 Å². The molecule has 0 saturated carbocycles. The first-order chi connectivity index (χ1) is 5.65. The lowest BCUT2D eigenvalue weighted by molar-refractivity contribution is 0.108. The van der Waals surface area contributed by atoms with Crippen LogP contribution in [0.2, 0.25) is 0 Å². The molecule has 0 amide bonds. The maximum absolute atomic E-state index is 10.7. The number of nitriles is 1. The molecule has 0 fully saturated rings. The van der Waals surface area contributed by atoms with Crippen LogP contribution in [0.4, 0.5) is 0 Å². The molecular formula is C7H3ClN2OS. The third-order valence-corrected chi connectivity index (χ3v) is 1.70. The fraction of sp³-hybridized carbons (Fsp3) is 0. The predicted molar refractivity (Wildman–Crippen MR) is 46.5 cm³/mol. The van der Waals surface area contributed by atoms with Gasteiger partial charge in [-0.3, -0.25) is 4.79 Å². The van der Waals surface area contributed by atoms with E-state index >= 15 is 0 Å². The molecule has 3 nitrogen and oxygen atoms in total. The van der Waals surface area contributed by atoms with Crippen molar-refractivity contribution in [1.82, 2.24) is 4.98 Å². The molecule has 0 aliphatic heterocycles. The van der Waals surface area contributed by atoms with Crippen molar-refractivity contribution in [2.45, 2.75) is 0 Å². The Morgan fingerprint density at radius 1 is 1.75 bits per heavy atom. The van der Waals surface area contributed by atoms with Crippen molar-refractivity contribution in [2.24, 2.45) is 0 Å². The van der Waals surface area contributed by atoms with Crippen LogP contribution < -0.4 is 0 Å². The minimum Gasteiger partial charge on any atom is -0.352 e. The number of nitrogens with one attached hydrogen (secondary N) is 1. The van der Waals surface area contributed by atoms with Crippen LogP contribution in [0.5, 0.6) is 0 Å². The lowest BCUT2D eigenvalue weighted by Crippen LogP contribution is -1.95. The van der Waals surface area contributed by atoms with Crippen LogP contribution in [-0.4, -0.2) is 10.2 Å². The number of aromatic amines is 1. The van der Waals surface area contributed by atoms with E-state index in [1.165, 1.54) is 12.3 Å². The summed E-state index contributed by atoms with van der Waals surface area (Å²) in [5, 5.41) is 7.87. The van der Waals surface area contributed by atoms with E-state index in [1.54, 1.807) is 0 Å². The second-order valence-electron chi connectivity index (χ2n) is 2.01. The second-order valence-corrected chi connectivity index (χ2v) is 2.79. The maximum Gasteiger partial charge on any atom is 0.253 e. The Morgan fingerprint density at radius 3 is 2.92 bits per heavy atom. The average Bonchev–Trinajstić information content (AvgIpc) is 2.04. The first-order valence-corrected chi connectivity index (χ1v) is 3.76. The molecule has 12 heavy (non-hydrogen) atoms. The molecule has 5 heteroatoms. The van der Waals surface area contributed by atoms with Crippen LogP contribution in [0.25, 0.3) is 0 Å². The van der Waals surface area contributed by atoms with Gasteiger partial charge in [-0.1, -0.05) is 12.2 Å². The Bertz CT molecular complexity index is 418. The number of hydrogen-bond acceptors (Lipinski definition) is 3. The molecule has 0 radical (unpaired) electrons. The number of rotatable bonds is 1. The van der Waals surface area contributed by atoms with E-state index in [9.17, 15) is 4.79 Å². The zero-order chi connectivity index (χ0) is 9.14. The van der Waals surface area contributed by atoms with Crippen LogP contribution in [0.15, 0.2) is 12.3 Å². The maximum atomic E-state index is 10.7. The molecule has 0 atom stereocenters. The Morgan fingerprint density at radius 2 is 2.42 bits per heavy atom. The predicted octanol–water partition coefficient (Wildman–Crippen LogP) is 1.99. The van der Waals surface area contributed by atoms with E-state index < -0.39 is 5.24 Å². The van der Waals surface area contributed by atoms with Gasteiger partial charge in [0, 0.05) is 6.20 Å². The smallest absolute Gasteiger partial charge is 0.253 e. The lowest BCUT2D eigenvalue weighted by atomic mass is 10.2. The Balaban J connectivity index is 3.44. The van der Waals surface area contributed by atoms with Crippen molar-refractivity contribution in [3.8, 4) is 6.07 Å². The largest absolute Gasteiger partial charge is 0.352 e. The van der Waals surface area contributed by atoms with E-state index in [1.807, 2.05) is 6.07 Å². The van der Waals surface area contributed by atoms with Gasteiger partial charge in [-0.05, 0) is 17.7 Å². The molecule has 0 spiro atoms. The molecule has 0 aliphatic carbocycles. The SMILES string of the molecule is N#Cc1c[nH]c(=S)cc1C(=O)Cl. The van der Waals surface area contributed by atoms with E-state index in [0.29, 0.717) is 4.64 Å². The van der Waals surface area contributed by atoms with Crippen molar-refractivity contribution in [3.05, 3.63) is 28.0 Å². The van der Waals surface area contributed by atoms with Gasteiger partial charge in [0.2, 0.25) is 0 Å². The average molecular weight is 199 g/mol. The fourth-order valence-corrected chi connectivity index (χ4v) is 1.06. The number of H-pyrrole nitrogens is 1. The zero-order valence-corrected chi connectivity index (χ0v) is 7.37. The van der Waals surface area contributed by atoms with Crippen LogP contribution >= 0.6 is 23.8 Å². The molecule has 1 rings (SSSR count). The van der Waals surface area contributed by atoms with Crippen molar-refractivity contribution in [1.29, 1.82) is 5.26 Å². The lowest BCUT2D eigenvalue weighted by Gasteiger charge is -1.95. The fourth-order valence-electron chi connectivity index (χ4n) is 0.727. The minimum atomic E-state index is -0.674. The van der Waals surface area contributed by atoms with E-state index in [0.717, 1.165) is 0 Å². The van der Waals surface area contributed by atoms with E-state index in [4.69, 9.17) is 29.1 Å². The first-order valence-electron chi connectivity index (χ1n) is 2.98. The molecule has 0 aromatic carbocycles. The van der Waals surface area contributed by atoms with Gasteiger partial charge in [0.1, 0.15) is 10.7 Å². The minimum absolute atomic E-state index is 0.142. The van der Waals surface area contributed by atoms with Crippen molar-refractivity contribution in [3.63, 3.8) is 0 Å². The van der Waals surface area contributed by atoms with Gasteiger partial charge in [-0.25, -0.2) is 0 Å². The van der Waals surface area contributed by atoms with Gasteiger partial charge in [-0.2, -0.15) is 5.26 Å². The van der Waals surface area contributed by atoms with Crippen LogP contribution in [0.1, 0.15) is 15.9 Å². The highest BCUT2D eigenvalue weighted by atomic mass is 35.5. The van der Waals surface area contributed by atoms with Crippen molar-refractivity contribution in [2.75, 3.05) is 0 Å². The molecule has 1 N–H and O–H groups in total. The molecular weight excluding hydrogens is 196 g/mol. The number of hydrogen-bond donors (Lipinski definition) is 1. The molecule has 0 saturated heterocycles. The summed E-state index contributed by atoms with van der Waals surface area (Å²) in [5.41, 5.74) is 0.339. The summed E-state index contributed by atoms with van der Waals surface area (Å²) >= 11 is 9.96. The second kappa shape index (κ2) is 3.48. The number of carbonyl (C=O) groups excluding carboxylic acids is 1. The molecule has 1 heterocycles. The number of halogens is 1. The van der Waals surface area contributed by atoms with Gasteiger partial charge >= 0.3 is 0 Å². The van der Waals surface area contributed by atoms with Crippen molar-refractivity contribution < 1.29 is 4.79 Å². The summed E-state index contributed by atoms with van der Waals surface area (Å²) in [5.74, 6) is 0. The number of nitrogens with zero attached hydrogens (tertiary/aromatic N) is 1. The van der Waals surface area contributed by atoms with Gasteiger partial charge in [0.05, 0.1) is 11.1 Å². The van der Waals surface area contributed by atoms with Gasteiger partial charge < -0.3 is 4.98 Å². The van der Waals surface area contributed by atoms with Crippen molar-refractivity contribution >= 4 is 29.1 Å². The highest BCUT2D eigenvalue weighted by Crippen LogP contribution is 2.09. The summed E-state index contributed by atoms with van der Waals surface area (Å²) in [4.78, 5) is 13.4. The Hall–Kier alpha value is -1.18. The van der Waals surface area contributed by atoms with Crippen LogP contribution in [0, 0.1) is 16.0 Å². The number of carbonyl (C=O) groups is 1. The molecule has 60 valence electrons. The summed E-state index contributed by atoms with van der Waals surface area (Å²) in [6, 6.07) is 3.19. The standard InChI is InChI=1S/C7H3ClN2OS/c8-7(11)5-1-6(12)10-3-4(5)2-9/h1,3H,(H,10,12). The number of pyridine rings is 1. The quantitative estimate of drug-likeness (QED) is 0.555. The topological polar surface area (TPSA) is 56.6 Å². The Kier molecular flexibility index (Phi) is 2.58. The van der Waals surface area contributed by atoms with Crippen LogP contribution in [0.3, 0.4) is 0 Å². The van der Waals surface area contributed by atoms with Crippen LogP contribution in [-0.2, 0) is 0 Å². The molecule has 0 bridgehead atoms. The van der Waals surface area contributed by atoms with E-state index in [-0.39, 0.29) is 11.1 Å². The molecule has 1 aromatic rings. The monoisotopic (exact) mass is 198 g/mol. The zero-order valence-electron chi connectivity index (χ0n) is 5.80. The first kappa shape index (κ1) is 8.91. The third-order valence-electron chi connectivity index (χ3n) is 1.26. The summed E-state index contributed by atoms with van der Waals surface area (Å²) < 4.78 is 0.373. The van der Waals surface area contributed by atoms with Gasteiger partial charge in [-0.15, -0.1) is 0 Å². The highest BCUT2D eigenvalue weighted by Gasteiger charge is 2.07. The van der Waals surface area contributed by atoms with Gasteiger partial charge in [0.15, 0.2) is 0 Å².